The van der Waals surface area contributed by atoms with E-state index in [2.05, 4.69) is 20.8 Å². The Labute approximate surface area is 109 Å². The first-order chi connectivity index (χ1) is 9.13. The van der Waals surface area contributed by atoms with Crippen molar-refractivity contribution < 1.29 is 9.59 Å². The van der Waals surface area contributed by atoms with Crippen LogP contribution in [0.4, 0.5) is 11.5 Å². The molecule has 1 aliphatic heterocycles. The highest BCUT2D eigenvalue weighted by Crippen LogP contribution is 2.24. The first-order valence-corrected chi connectivity index (χ1v) is 5.87. The third-order valence-corrected chi connectivity index (χ3v) is 3.06. The molecule has 1 aromatic heterocycles. The van der Waals surface area contributed by atoms with Crippen molar-refractivity contribution in [2.24, 2.45) is 0 Å². The first-order valence-electron chi connectivity index (χ1n) is 5.87. The summed E-state index contributed by atoms with van der Waals surface area (Å²) in [6.07, 6.45) is 2.01. The number of nitrogens with zero attached hydrogens (tertiary/aromatic N) is 1. The van der Waals surface area contributed by atoms with Crippen LogP contribution >= 0.6 is 0 Å². The molecule has 6 heteroatoms. The average Bonchev–Trinajstić information content (AvgIpc) is 2.93. The lowest BCUT2D eigenvalue weighted by atomic mass is 10.1. The van der Waals surface area contributed by atoms with Crippen molar-refractivity contribution in [1.29, 1.82) is 0 Å². The molecule has 1 aromatic carbocycles. The Morgan fingerprint density at radius 2 is 2.26 bits per heavy atom. The smallest absolute Gasteiger partial charge is 0.256 e. The lowest BCUT2D eigenvalue weighted by Crippen LogP contribution is -2.13. The van der Waals surface area contributed by atoms with E-state index in [0.29, 0.717) is 23.5 Å². The average molecular weight is 256 g/mol. The van der Waals surface area contributed by atoms with Crippen molar-refractivity contribution in [1.82, 2.24) is 10.2 Å². The number of hydrogen-bond donors (Lipinski definition) is 3. The largest absolute Gasteiger partial charge is 0.326 e. The van der Waals surface area contributed by atoms with Crippen LogP contribution in [0, 0.1) is 6.92 Å². The van der Waals surface area contributed by atoms with E-state index in [1.54, 1.807) is 24.4 Å². The van der Waals surface area contributed by atoms with Crippen LogP contribution in [-0.4, -0.2) is 22.0 Å². The topological polar surface area (TPSA) is 86.9 Å². The number of H-pyrrole nitrogens is 1. The molecule has 2 amide bonds. The van der Waals surface area contributed by atoms with Gasteiger partial charge in [0.15, 0.2) is 0 Å². The highest BCUT2D eigenvalue weighted by atomic mass is 16.2. The van der Waals surface area contributed by atoms with Crippen LogP contribution in [0.2, 0.25) is 0 Å². The Morgan fingerprint density at radius 1 is 1.42 bits per heavy atom. The molecule has 0 spiro atoms. The molecule has 0 saturated carbocycles. The summed E-state index contributed by atoms with van der Waals surface area (Å²) in [5.74, 6) is 0.294. The van der Waals surface area contributed by atoms with Gasteiger partial charge in [0, 0.05) is 16.8 Å². The maximum absolute atomic E-state index is 12.1. The summed E-state index contributed by atoms with van der Waals surface area (Å²) < 4.78 is 0. The number of carbonyl (C=O) groups is 2. The molecule has 0 unspecified atom stereocenters. The van der Waals surface area contributed by atoms with Gasteiger partial charge in [0.2, 0.25) is 5.91 Å². The number of fused-ring (bicyclic) bond motifs is 1. The number of hydrogen-bond acceptors (Lipinski definition) is 3. The zero-order valence-corrected chi connectivity index (χ0v) is 10.3. The molecule has 6 nitrogen and oxygen atoms in total. The Balaban J connectivity index is 1.83. The van der Waals surface area contributed by atoms with Gasteiger partial charge in [0.25, 0.3) is 5.91 Å². The van der Waals surface area contributed by atoms with Gasteiger partial charge in [0.05, 0.1) is 12.6 Å². The van der Waals surface area contributed by atoms with E-state index in [-0.39, 0.29) is 11.8 Å². The lowest BCUT2D eigenvalue weighted by Gasteiger charge is -2.05. The van der Waals surface area contributed by atoms with Gasteiger partial charge < -0.3 is 10.6 Å². The minimum absolute atomic E-state index is 0.0445. The van der Waals surface area contributed by atoms with Crippen LogP contribution in [0.1, 0.15) is 21.5 Å². The zero-order chi connectivity index (χ0) is 13.4. The molecule has 3 rings (SSSR count). The van der Waals surface area contributed by atoms with E-state index in [9.17, 15) is 9.59 Å². The van der Waals surface area contributed by atoms with Gasteiger partial charge in [-0.2, -0.15) is 5.10 Å². The molecule has 0 bridgehead atoms. The number of anilines is 2. The highest BCUT2D eigenvalue weighted by Gasteiger charge is 2.19. The molecule has 0 atom stereocenters. The maximum Gasteiger partial charge on any atom is 0.256 e. The Kier molecular flexibility index (Phi) is 2.56. The Hall–Kier alpha value is -2.63. The van der Waals surface area contributed by atoms with E-state index < -0.39 is 0 Å². The monoisotopic (exact) mass is 256 g/mol. The Bertz CT molecular complexity index is 675. The summed E-state index contributed by atoms with van der Waals surface area (Å²) in [6, 6.07) is 5.18. The molecule has 2 aromatic rings. The highest BCUT2D eigenvalue weighted by molar-refractivity contribution is 6.06. The van der Waals surface area contributed by atoms with E-state index in [4.69, 9.17) is 0 Å². The normalized spacial score (nSPS) is 13.0. The summed E-state index contributed by atoms with van der Waals surface area (Å²) in [6.45, 7) is 1.85. The van der Waals surface area contributed by atoms with Gasteiger partial charge in [-0.1, -0.05) is 6.07 Å². The van der Waals surface area contributed by atoms with Gasteiger partial charge in [-0.15, -0.1) is 0 Å². The minimum atomic E-state index is -0.240. The third kappa shape index (κ3) is 2.08. The summed E-state index contributed by atoms with van der Waals surface area (Å²) in [4.78, 5) is 23.3. The van der Waals surface area contributed by atoms with Crippen molar-refractivity contribution >= 4 is 23.3 Å². The fourth-order valence-corrected chi connectivity index (χ4v) is 2.01. The van der Waals surface area contributed by atoms with Crippen LogP contribution < -0.4 is 10.6 Å². The SMILES string of the molecule is Cc1cn[nH]c1NC(=O)c1ccc2c(c1)NC(=O)C2. The summed E-state index contributed by atoms with van der Waals surface area (Å²) in [5.41, 5.74) is 2.98. The van der Waals surface area contributed by atoms with Gasteiger partial charge in [-0.05, 0) is 24.6 Å². The predicted molar refractivity (Wildman–Crippen MR) is 70.1 cm³/mol. The second-order valence-electron chi connectivity index (χ2n) is 4.48. The Morgan fingerprint density at radius 3 is 3.00 bits per heavy atom. The van der Waals surface area contributed by atoms with Gasteiger partial charge in [-0.25, -0.2) is 0 Å². The number of carbonyl (C=O) groups excluding carboxylic acids is 2. The quantitative estimate of drug-likeness (QED) is 0.760. The van der Waals surface area contributed by atoms with Crippen LogP contribution in [0.15, 0.2) is 24.4 Å². The number of aryl methyl sites for hydroxylation is 1. The molecule has 0 radical (unpaired) electrons. The molecular formula is C13H12N4O2. The molecule has 19 heavy (non-hydrogen) atoms. The second kappa shape index (κ2) is 4.24. The van der Waals surface area contributed by atoms with Gasteiger partial charge in [0.1, 0.15) is 5.82 Å². The molecular weight excluding hydrogens is 244 g/mol. The van der Waals surface area contributed by atoms with Gasteiger partial charge >= 0.3 is 0 Å². The number of amides is 2. The molecule has 1 aliphatic rings. The van der Waals surface area contributed by atoms with E-state index in [0.717, 1.165) is 11.1 Å². The first kappa shape index (κ1) is 11.5. The number of rotatable bonds is 2. The standard InChI is InChI=1S/C13H12N4O2/c1-7-6-14-17-12(7)16-13(19)9-3-2-8-5-11(18)15-10(8)4-9/h2-4,6H,5H2,1H3,(H,15,18)(H2,14,16,17,19). The molecule has 3 N–H and O–H groups in total. The fourth-order valence-electron chi connectivity index (χ4n) is 2.01. The molecule has 2 heterocycles. The summed E-state index contributed by atoms with van der Waals surface area (Å²) in [5, 5.41) is 12.0. The predicted octanol–water partition coefficient (Wildman–Crippen LogP) is 1.47. The van der Waals surface area contributed by atoms with E-state index in [1.165, 1.54) is 0 Å². The van der Waals surface area contributed by atoms with Crippen LogP contribution in [-0.2, 0) is 11.2 Å². The van der Waals surface area contributed by atoms with Crippen molar-refractivity contribution in [3.8, 4) is 0 Å². The molecule has 0 saturated heterocycles. The molecule has 0 fully saturated rings. The van der Waals surface area contributed by atoms with Crippen molar-refractivity contribution in [2.75, 3.05) is 10.6 Å². The second-order valence-corrected chi connectivity index (χ2v) is 4.48. The summed E-state index contributed by atoms with van der Waals surface area (Å²) >= 11 is 0. The van der Waals surface area contributed by atoms with Crippen molar-refractivity contribution in [3.05, 3.63) is 41.1 Å². The lowest BCUT2D eigenvalue weighted by molar-refractivity contribution is -0.115. The van der Waals surface area contributed by atoms with Crippen molar-refractivity contribution in [2.45, 2.75) is 13.3 Å². The summed E-state index contributed by atoms with van der Waals surface area (Å²) in [7, 11) is 0. The number of nitrogens with one attached hydrogen (secondary N) is 3. The van der Waals surface area contributed by atoms with Crippen LogP contribution in [0.3, 0.4) is 0 Å². The van der Waals surface area contributed by atoms with E-state index in [1.807, 2.05) is 6.92 Å². The number of benzene rings is 1. The fraction of sp³-hybridized carbons (Fsp3) is 0.154. The third-order valence-electron chi connectivity index (χ3n) is 3.06. The van der Waals surface area contributed by atoms with Crippen LogP contribution in [0.25, 0.3) is 0 Å². The van der Waals surface area contributed by atoms with Gasteiger partial charge in [-0.3, -0.25) is 14.7 Å². The molecule has 96 valence electrons. The maximum atomic E-state index is 12.1. The number of aromatic amines is 1. The van der Waals surface area contributed by atoms with Crippen molar-refractivity contribution in [3.63, 3.8) is 0 Å². The van der Waals surface area contributed by atoms with E-state index >= 15 is 0 Å². The number of aromatic nitrogens is 2. The molecule has 0 aliphatic carbocycles. The minimum Gasteiger partial charge on any atom is -0.326 e. The van der Waals surface area contributed by atoms with Crippen LogP contribution in [0.5, 0.6) is 0 Å². The zero-order valence-electron chi connectivity index (χ0n) is 10.3.